The fourth-order valence-electron chi connectivity index (χ4n) is 3.14. The number of carbonyl (C=O) groups is 2. The van der Waals surface area contributed by atoms with Gasteiger partial charge in [-0.3, -0.25) is 9.59 Å². The number of rotatable bonds is 5. The maximum absolute atomic E-state index is 11.6. The minimum Gasteiger partial charge on any atom is -0.480 e. The summed E-state index contributed by atoms with van der Waals surface area (Å²) in [6.45, 7) is 3.60. The van der Waals surface area contributed by atoms with Crippen molar-refractivity contribution in [2.45, 2.75) is 52.4 Å². The van der Waals surface area contributed by atoms with Crippen LogP contribution in [0.3, 0.4) is 0 Å². The molecule has 98 valence electrons. The lowest BCUT2D eigenvalue weighted by Crippen LogP contribution is -2.51. The normalized spacial score (nSPS) is 19.9. The third-order valence-corrected chi connectivity index (χ3v) is 4.35. The minimum atomic E-state index is -1.59. The summed E-state index contributed by atoms with van der Waals surface area (Å²) in [5, 5.41) is 18.9. The molecule has 1 fully saturated rings. The molecule has 0 aromatic carbocycles. The topological polar surface area (TPSA) is 74.6 Å². The van der Waals surface area contributed by atoms with Gasteiger partial charge in [-0.05, 0) is 24.7 Å². The van der Waals surface area contributed by atoms with E-state index in [1.54, 1.807) is 6.92 Å². The van der Waals surface area contributed by atoms with E-state index >= 15 is 0 Å². The summed E-state index contributed by atoms with van der Waals surface area (Å²) < 4.78 is 0. The first-order valence-corrected chi connectivity index (χ1v) is 6.44. The molecule has 1 atom stereocenters. The third-order valence-electron chi connectivity index (χ3n) is 4.35. The zero-order chi connectivity index (χ0) is 13.1. The molecule has 0 radical (unpaired) electrons. The highest BCUT2D eigenvalue weighted by atomic mass is 16.4. The fraction of sp³-hybridized carbons (Fsp3) is 0.846. The van der Waals surface area contributed by atoms with Gasteiger partial charge in [0.15, 0.2) is 5.41 Å². The number of hydrogen-bond acceptors (Lipinski definition) is 2. The zero-order valence-electron chi connectivity index (χ0n) is 10.6. The summed E-state index contributed by atoms with van der Waals surface area (Å²) in [7, 11) is 0. The molecule has 0 aliphatic heterocycles. The summed E-state index contributed by atoms with van der Waals surface area (Å²) in [6, 6.07) is 0. The Labute approximate surface area is 102 Å². The second kappa shape index (κ2) is 5.52. The first-order chi connectivity index (χ1) is 7.97. The van der Waals surface area contributed by atoms with Crippen molar-refractivity contribution in [3.63, 3.8) is 0 Å². The van der Waals surface area contributed by atoms with Gasteiger partial charge >= 0.3 is 11.9 Å². The van der Waals surface area contributed by atoms with Gasteiger partial charge in [0.25, 0.3) is 0 Å². The van der Waals surface area contributed by atoms with Gasteiger partial charge in [0.2, 0.25) is 0 Å². The Morgan fingerprint density at radius 2 is 1.65 bits per heavy atom. The first kappa shape index (κ1) is 14.0. The Hall–Kier alpha value is -1.06. The Kier molecular flexibility index (Phi) is 4.54. The van der Waals surface area contributed by atoms with Crippen molar-refractivity contribution >= 4 is 11.9 Å². The predicted octanol–water partition coefficient (Wildman–Crippen LogP) is 2.77. The standard InChI is InChI=1S/C13H22O4/c1-3-9(2)13(11(14)15,12(16)17)10-7-5-4-6-8-10/h9-10H,3-8H2,1-2H3,(H,14,15)(H,16,17). The van der Waals surface area contributed by atoms with Crippen LogP contribution < -0.4 is 0 Å². The van der Waals surface area contributed by atoms with Gasteiger partial charge in [0, 0.05) is 0 Å². The highest BCUT2D eigenvalue weighted by Gasteiger charge is 2.55. The molecule has 4 nitrogen and oxygen atoms in total. The van der Waals surface area contributed by atoms with Crippen LogP contribution in [-0.2, 0) is 9.59 Å². The quantitative estimate of drug-likeness (QED) is 0.727. The number of aliphatic carboxylic acids is 2. The lowest BCUT2D eigenvalue weighted by molar-refractivity contribution is -0.176. The Morgan fingerprint density at radius 1 is 1.18 bits per heavy atom. The summed E-state index contributed by atoms with van der Waals surface area (Å²) in [5.74, 6) is -2.88. The molecule has 0 bridgehead atoms. The van der Waals surface area contributed by atoms with E-state index in [0.29, 0.717) is 6.42 Å². The molecule has 1 aliphatic carbocycles. The van der Waals surface area contributed by atoms with E-state index in [9.17, 15) is 19.8 Å². The van der Waals surface area contributed by atoms with E-state index in [0.717, 1.165) is 32.1 Å². The van der Waals surface area contributed by atoms with Crippen molar-refractivity contribution in [3.05, 3.63) is 0 Å². The van der Waals surface area contributed by atoms with Gasteiger partial charge in [-0.25, -0.2) is 0 Å². The molecular weight excluding hydrogens is 220 g/mol. The molecule has 0 aromatic heterocycles. The number of hydrogen-bond donors (Lipinski definition) is 2. The Bertz CT molecular complexity index is 278. The van der Waals surface area contributed by atoms with Crippen molar-refractivity contribution in [1.82, 2.24) is 0 Å². The van der Waals surface area contributed by atoms with Crippen LogP contribution in [0.4, 0.5) is 0 Å². The predicted molar refractivity (Wildman–Crippen MR) is 63.7 cm³/mol. The lowest BCUT2D eigenvalue weighted by Gasteiger charge is -2.39. The van der Waals surface area contributed by atoms with Crippen molar-refractivity contribution in [2.24, 2.45) is 17.3 Å². The molecule has 1 saturated carbocycles. The SMILES string of the molecule is CCC(C)C(C(=O)O)(C(=O)O)C1CCCCC1. The Morgan fingerprint density at radius 3 is 2.00 bits per heavy atom. The molecule has 4 heteroatoms. The molecule has 1 unspecified atom stereocenters. The monoisotopic (exact) mass is 242 g/mol. The van der Waals surface area contributed by atoms with Crippen LogP contribution in [0.15, 0.2) is 0 Å². The summed E-state index contributed by atoms with van der Waals surface area (Å²) in [4.78, 5) is 23.2. The molecule has 0 aromatic rings. The fourth-order valence-corrected chi connectivity index (χ4v) is 3.14. The molecule has 0 saturated heterocycles. The van der Waals surface area contributed by atoms with Crippen LogP contribution in [0.25, 0.3) is 0 Å². The smallest absolute Gasteiger partial charge is 0.321 e. The van der Waals surface area contributed by atoms with Crippen molar-refractivity contribution in [2.75, 3.05) is 0 Å². The second-order valence-corrected chi connectivity index (χ2v) is 5.12. The van der Waals surface area contributed by atoms with Gasteiger partial charge in [0.1, 0.15) is 0 Å². The molecule has 17 heavy (non-hydrogen) atoms. The van der Waals surface area contributed by atoms with Crippen LogP contribution in [0.1, 0.15) is 52.4 Å². The van der Waals surface area contributed by atoms with E-state index in [-0.39, 0.29) is 11.8 Å². The van der Waals surface area contributed by atoms with E-state index < -0.39 is 17.4 Å². The molecule has 2 N–H and O–H groups in total. The highest BCUT2D eigenvalue weighted by Crippen LogP contribution is 2.45. The maximum atomic E-state index is 11.6. The average Bonchev–Trinajstić information content (AvgIpc) is 2.30. The van der Waals surface area contributed by atoms with E-state index in [1.807, 2.05) is 6.92 Å². The first-order valence-electron chi connectivity index (χ1n) is 6.44. The van der Waals surface area contributed by atoms with Gasteiger partial charge in [-0.2, -0.15) is 0 Å². The number of carboxylic acids is 2. The third kappa shape index (κ3) is 2.31. The second-order valence-electron chi connectivity index (χ2n) is 5.12. The summed E-state index contributed by atoms with van der Waals surface area (Å²) in [5.41, 5.74) is -1.59. The van der Waals surface area contributed by atoms with Crippen LogP contribution in [-0.4, -0.2) is 22.2 Å². The zero-order valence-corrected chi connectivity index (χ0v) is 10.6. The molecule has 0 amide bonds. The van der Waals surface area contributed by atoms with Crippen molar-refractivity contribution in [3.8, 4) is 0 Å². The van der Waals surface area contributed by atoms with Gasteiger partial charge in [-0.1, -0.05) is 39.5 Å². The van der Waals surface area contributed by atoms with Crippen molar-refractivity contribution < 1.29 is 19.8 Å². The Balaban J connectivity index is 3.13. The van der Waals surface area contributed by atoms with E-state index in [4.69, 9.17) is 0 Å². The van der Waals surface area contributed by atoms with Gasteiger partial charge in [-0.15, -0.1) is 0 Å². The molecule has 0 heterocycles. The minimum absolute atomic E-state index is 0.221. The van der Waals surface area contributed by atoms with Crippen LogP contribution in [0.5, 0.6) is 0 Å². The van der Waals surface area contributed by atoms with E-state index in [2.05, 4.69) is 0 Å². The summed E-state index contributed by atoms with van der Waals surface area (Å²) >= 11 is 0. The van der Waals surface area contributed by atoms with Crippen LogP contribution in [0.2, 0.25) is 0 Å². The largest absolute Gasteiger partial charge is 0.480 e. The summed E-state index contributed by atoms with van der Waals surface area (Å²) in [6.07, 6.45) is 5.01. The molecule has 0 spiro atoms. The average molecular weight is 242 g/mol. The van der Waals surface area contributed by atoms with Crippen LogP contribution in [0, 0.1) is 17.3 Å². The highest BCUT2D eigenvalue weighted by molar-refractivity contribution is 5.99. The van der Waals surface area contributed by atoms with Crippen LogP contribution >= 0.6 is 0 Å². The van der Waals surface area contributed by atoms with Gasteiger partial charge < -0.3 is 10.2 Å². The van der Waals surface area contributed by atoms with E-state index in [1.165, 1.54) is 0 Å². The number of carboxylic acid groups (broad SMARTS) is 2. The van der Waals surface area contributed by atoms with Gasteiger partial charge in [0.05, 0.1) is 0 Å². The molecule has 1 rings (SSSR count). The molecule has 1 aliphatic rings. The maximum Gasteiger partial charge on any atom is 0.321 e. The lowest BCUT2D eigenvalue weighted by atomic mass is 9.62. The molecular formula is C13H22O4. The van der Waals surface area contributed by atoms with Crippen molar-refractivity contribution in [1.29, 1.82) is 0 Å².